The quantitative estimate of drug-likeness (QED) is 0.520. The molecule has 0 unspecified atom stereocenters. The summed E-state index contributed by atoms with van der Waals surface area (Å²) in [7, 11) is -5.90. The van der Waals surface area contributed by atoms with Crippen LogP contribution in [0.25, 0.3) is 0 Å². The normalized spacial score (nSPS) is 21.2. The molecule has 0 aliphatic heterocycles. The first kappa shape index (κ1) is 2.38. The molecule has 0 radical (unpaired) electrons. The molecule has 0 heterocycles. The third kappa shape index (κ3) is 0.618. The minimum atomic E-state index is -2.95. The van der Waals surface area contributed by atoms with Crippen molar-refractivity contribution in [2.75, 3.05) is 14.1 Å². The van der Waals surface area contributed by atoms with E-state index in [4.69, 9.17) is 8.22 Å². The molecular weight excluding hydrogens is 136 g/mol. The van der Waals surface area contributed by atoms with Crippen LogP contribution in [0.2, 0.25) is 0 Å². The number of rotatable bonds is 2. The van der Waals surface area contributed by atoms with E-state index in [-0.39, 0.29) is 0 Å². The van der Waals surface area contributed by atoms with Gasteiger partial charge in [0.1, 0.15) is 0 Å². The molecule has 0 amide bonds. The van der Waals surface area contributed by atoms with Gasteiger partial charge in [-0.25, -0.2) is 0 Å². The topological polar surface area (TPSA) is 52.6 Å². The van der Waals surface area contributed by atoms with Crippen LogP contribution in [0.3, 0.4) is 0 Å². The van der Waals surface area contributed by atoms with E-state index in [1.54, 1.807) is 0 Å². The summed E-state index contributed by atoms with van der Waals surface area (Å²) in [5, 5.41) is 0. The Labute approximate surface area is 65.1 Å². The maximum Gasteiger partial charge on any atom is 0.275 e. The smallest absolute Gasteiger partial charge is 0.275 e. The molecule has 0 saturated carbocycles. The van der Waals surface area contributed by atoms with Gasteiger partial charge < -0.3 is 9.47 Å². The first-order valence-corrected chi connectivity index (χ1v) is 2.22. The lowest BCUT2D eigenvalue weighted by atomic mass is 10.2. The lowest BCUT2D eigenvalue weighted by molar-refractivity contribution is 0.339. The third-order valence-corrected chi connectivity index (χ3v) is 1.03. The minimum absolute atomic E-state index is 0.874. The second kappa shape index (κ2) is 2.13. The van der Waals surface area contributed by atoms with Crippen LogP contribution in [0.15, 0.2) is 9.59 Å². The van der Waals surface area contributed by atoms with Crippen LogP contribution in [-0.4, -0.2) is 14.1 Å². The van der Waals surface area contributed by atoms with Crippen molar-refractivity contribution in [2.24, 2.45) is 0 Å². The van der Waals surface area contributed by atoms with Crippen molar-refractivity contribution in [1.29, 1.82) is 0 Å². The SMILES string of the molecule is [2H]C([2H])([2H])Oc1c(OC([2H])([2H])[2H])c(=O)c1=O. The summed E-state index contributed by atoms with van der Waals surface area (Å²) in [5.41, 5.74) is -2.43. The summed E-state index contributed by atoms with van der Waals surface area (Å²) < 4.78 is 48.5. The summed E-state index contributed by atoms with van der Waals surface area (Å²) in [6.07, 6.45) is 0. The molecule has 4 heteroatoms. The zero-order valence-corrected chi connectivity index (χ0v) is 4.63. The fourth-order valence-electron chi connectivity index (χ4n) is 0.535. The van der Waals surface area contributed by atoms with Crippen LogP contribution in [0, 0.1) is 0 Å². The van der Waals surface area contributed by atoms with Gasteiger partial charge in [0.05, 0.1) is 22.3 Å². The largest absolute Gasteiger partial charge is 0.489 e. The minimum Gasteiger partial charge on any atom is -0.489 e. The molecule has 1 rings (SSSR count). The van der Waals surface area contributed by atoms with E-state index in [0.717, 1.165) is 0 Å². The first-order chi connectivity index (χ1) is 7.01. The highest BCUT2D eigenvalue weighted by Gasteiger charge is 2.21. The van der Waals surface area contributed by atoms with Crippen molar-refractivity contribution >= 4 is 0 Å². The van der Waals surface area contributed by atoms with Crippen LogP contribution in [0.5, 0.6) is 11.5 Å². The number of ether oxygens (including phenoxy) is 2. The zero-order chi connectivity index (χ0) is 12.7. The summed E-state index contributed by atoms with van der Waals surface area (Å²) in [5.74, 6) is -1.75. The van der Waals surface area contributed by atoms with Gasteiger partial charge in [-0.2, -0.15) is 0 Å². The summed E-state index contributed by atoms with van der Waals surface area (Å²) in [4.78, 5) is 21.8. The fraction of sp³-hybridized carbons (Fsp3) is 0.333. The molecule has 0 N–H and O–H groups in total. The molecule has 0 bridgehead atoms. The van der Waals surface area contributed by atoms with Gasteiger partial charge in [-0.15, -0.1) is 0 Å². The molecule has 0 fully saturated rings. The van der Waals surface area contributed by atoms with Gasteiger partial charge in [0.2, 0.25) is 11.5 Å². The Morgan fingerprint density at radius 1 is 1.10 bits per heavy atom. The average Bonchev–Trinajstić information content (AvgIpc) is 2.07. The van der Waals surface area contributed by atoms with Gasteiger partial charge in [-0.1, -0.05) is 0 Å². The highest BCUT2D eigenvalue weighted by Crippen LogP contribution is 2.17. The maximum atomic E-state index is 10.9. The molecule has 1 aromatic rings. The van der Waals surface area contributed by atoms with Gasteiger partial charge in [0.15, 0.2) is 0 Å². The van der Waals surface area contributed by atoms with E-state index < -0.39 is 36.4 Å². The predicted molar refractivity (Wildman–Crippen MR) is 34.5 cm³/mol. The first-order valence-electron chi connectivity index (χ1n) is 5.22. The van der Waals surface area contributed by atoms with Gasteiger partial charge >= 0.3 is 0 Å². The van der Waals surface area contributed by atoms with Crippen LogP contribution in [0.4, 0.5) is 0 Å². The van der Waals surface area contributed by atoms with Crippen LogP contribution < -0.4 is 20.3 Å². The molecule has 0 aliphatic carbocycles. The third-order valence-electron chi connectivity index (χ3n) is 1.03. The van der Waals surface area contributed by atoms with E-state index >= 15 is 0 Å². The molecule has 4 nitrogen and oxygen atoms in total. The molecule has 1 aromatic carbocycles. The average molecular weight is 148 g/mol. The Kier molecular flexibility index (Phi) is 0.506. The predicted octanol–water partition coefficient (Wildman–Crippen LogP) is -0.700. The standard InChI is InChI=1S/C6H6O4/c1-9-5-3(7)4(8)6(5)10-2/h1-2H3/i1D3,2D3. The highest BCUT2D eigenvalue weighted by atomic mass is 16.5. The molecule has 0 saturated heterocycles. The van der Waals surface area contributed by atoms with Crippen LogP contribution >= 0.6 is 0 Å². The molecule has 0 aromatic heterocycles. The summed E-state index contributed by atoms with van der Waals surface area (Å²) >= 11 is 0. The second-order valence-corrected chi connectivity index (χ2v) is 1.52. The molecule has 0 aliphatic rings. The molecular formula is C6H6O4. The molecule has 54 valence electrons. The Balaban J connectivity index is 3.00. The lowest BCUT2D eigenvalue weighted by Crippen LogP contribution is -2.32. The van der Waals surface area contributed by atoms with Crippen LogP contribution in [-0.2, 0) is 0 Å². The van der Waals surface area contributed by atoms with E-state index in [1.165, 1.54) is 0 Å². The van der Waals surface area contributed by atoms with E-state index in [9.17, 15) is 9.59 Å². The van der Waals surface area contributed by atoms with E-state index in [0.29, 0.717) is 0 Å². The molecule has 0 spiro atoms. The van der Waals surface area contributed by atoms with Crippen molar-refractivity contribution in [1.82, 2.24) is 0 Å². The zero-order valence-electron chi connectivity index (χ0n) is 10.6. The summed E-state index contributed by atoms with van der Waals surface area (Å²) in [6.45, 7) is 0. The van der Waals surface area contributed by atoms with Crippen LogP contribution in [0.1, 0.15) is 8.22 Å². The van der Waals surface area contributed by atoms with Crippen molar-refractivity contribution in [2.45, 2.75) is 0 Å². The maximum absolute atomic E-state index is 10.9. The van der Waals surface area contributed by atoms with Crippen molar-refractivity contribution in [3.05, 3.63) is 20.4 Å². The van der Waals surface area contributed by atoms with Crippen molar-refractivity contribution < 1.29 is 17.7 Å². The number of methoxy groups -OCH3 is 2. The van der Waals surface area contributed by atoms with Crippen molar-refractivity contribution in [3.63, 3.8) is 0 Å². The molecule has 10 heavy (non-hydrogen) atoms. The van der Waals surface area contributed by atoms with E-state index in [2.05, 4.69) is 9.47 Å². The van der Waals surface area contributed by atoms with Gasteiger partial charge in [0, 0.05) is 0 Å². The van der Waals surface area contributed by atoms with Gasteiger partial charge in [0.25, 0.3) is 10.9 Å². The highest BCUT2D eigenvalue weighted by molar-refractivity contribution is 5.45. The monoisotopic (exact) mass is 148 g/mol. The van der Waals surface area contributed by atoms with Gasteiger partial charge in [-0.3, -0.25) is 9.59 Å². The Morgan fingerprint density at radius 3 is 1.80 bits per heavy atom. The fourth-order valence-corrected chi connectivity index (χ4v) is 0.535. The second-order valence-electron chi connectivity index (χ2n) is 1.52. The number of hydrogen-bond acceptors (Lipinski definition) is 4. The summed E-state index contributed by atoms with van der Waals surface area (Å²) in [6, 6.07) is 0. The Morgan fingerprint density at radius 2 is 1.50 bits per heavy atom. The molecule has 0 atom stereocenters. The number of hydrogen-bond donors (Lipinski definition) is 0. The Bertz CT molecular complexity index is 419. The lowest BCUT2D eigenvalue weighted by Gasteiger charge is -2.05. The van der Waals surface area contributed by atoms with E-state index in [1.807, 2.05) is 0 Å². The van der Waals surface area contributed by atoms with Gasteiger partial charge in [-0.05, 0) is 0 Å². The van der Waals surface area contributed by atoms with Crippen molar-refractivity contribution in [3.8, 4) is 11.5 Å². The Hall–Kier alpha value is -1.32.